The number of hydrogen-bond donors (Lipinski definition) is 1. The van der Waals surface area contributed by atoms with Crippen molar-refractivity contribution < 1.29 is 19.1 Å². The average Bonchev–Trinajstić information content (AvgIpc) is 2.69. The topological polar surface area (TPSA) is 89.7 Å². The van der Waals surface area contributed by atoms with Gasteiger partial charge in [0.15, 0.2) is 6.61 Å². The number of esters is 1. The van der Waals surface area contributed by atoms with Crippen molar-refractivity contribution in [2.24, 2.45) is 35.3 Å². The molecule has 0 heterocycles. The van der Waals surface area contributed by atoms with Gasteiger partial charge in [0.1, 0.15) is 0 Å². The molecule has 2 amide bonds. The van der Waals surface area contributed by atoms with Gasteiger partial charge >= 0.3 is 5.97 Å². The molecular weight excluding hydrogens is 368 g/mol. The highest BCUT2D eigenvalue weighted by molar-refractivity contribution is 5.82. The second-order valence-electron chi connectivity index (χ2n) is 9.08. The van der Waals surface area contributed by atoms with Crippen LogP contribution in [0.15, 0.2) is 30.3 Å². The third-order valence-corrected chi connectivity index (χ3v) is 7.03. The quantitative estimate of drug-likeness (QED) is 0.682. The highest BCUT2D eigenvalue weighted by Crippen LogP contribution is 2.56. The van der Waals surface area contributed by atoms with E-state index in [-0.39, 0.29) is 37.4 Å². The number of rotatable bonds is 8. The van der Waals surface area contributed by atoms with Crippen molar-refractivity contribution in [3.8, 4) is 0 Å². The third-order valence-electron chi connectivity index (χ3n) is 7.03. The van der Waals surface area contributed by atoms with Gasteiger partial charge in [0.25, 0.3) is 5.91 Å². The summed E-state index contributed by atoms with van der Waals surface area (Å²) in [6.45, 7) is 0.314. The molecule has 1 aromatic carbocycles. The van der Waals surface area contributed by atoms with Gasteiger partial charge in [0, 0.05) is 19.5 Å². The van der Waals surface area contributed by atoms with Crippen LogP contribution in [0.2, 0.25) is 0 Å². The van der Waals surface area contributed by atoms with Crippen LogP contribution in [-0.2, 0) is 25.7 Å². The fourth-order valence-corrected chi connectivity index (χ4v) is 5.97. The maximum atomic E-state index is 12.8. The van der Waals surface area contributed by atoms with Gasteiger partial charge < -0.3 is 15.4 Å². The summed E-state index contributed by atoms with van der Waals surface area (Å²) in [5.74, 6) is 1.46. The minimum absolute atomic E-state index is 0.0382. The van der Waals surface area contributed by atoms with Gasteiger partial charge in [-0.05, 0) is 61.3 Å². The zero-order valence-corrected chi connectivity index (χ0v) is 16.8. The van der Waals surface area contributed by atoms with Crippen molar-refractivity contribution >= 4 is 17.8 Å². The van der Waals surface area contributed by atoms with Gasteiger partial charge in [-0.15, -0.1) is 0 Å². The monoisotopic (exact) mass is 398 g/mol. The minimum atomic E-state index is -0.457. The van der Waals surface area contributed by atoms with E-state index in [1.54, 1.807) is 4.90 Å². The Morgan fingerprint density at radius 1 is 0.966 bits per heavy atom. The van der Waals surface area contributed by atoms with E-state index in [2.05, 4.69) is 0 Å². The first kappa shape index (κ1) is 19.9. The molecule has 0 saturated heterocycles. The van der Waals surface area contributed by atoms with Crippen molar-refractivity contribution in [2.75, 3.05) is 13.2 Å². The Kier molecular flexibility index (Phi) is 5.88. The fraction of sp³-hybridized carbons (Fsp3) is 0.609. The molecule has 1 aromatic rings. The van der Waals surface area contributed by atoms with Crippen LogP contribution in [0.3, 0.4) is 0 Å². The first-order valence-corrected chi connectivity index (χ1v) is 10.8. The predicted molar refractivity (Wildman–Crippen MR) is 107 cm³/mol. The summed E-state index contributed by atoms with van der Waals surface area (Å²) >= 11 is 0. The summed E-state index contributed by atoms with van der Waals surface area (Å²) in [6.07, 6.45) is 5.97. The summed E-state index contributed by atoms with van der Waals surface area (Å²) in [4.78, 5) is 38.3. The molecule has 6 nitrogen and oxygen atoms in total. The number of carbonyl (C=O) groups excluding carboxylic acids is 3. The molecule has 4 bridgehead atoms. The lowest BCUT2D eigenvalue weighted by molar-refractivity contribution is -0.166. The summed E-state index contributed by atoms with van der Waals surface area (Å²) < 4.78 is 5.51. The maximum Gasteiger partial charge on any atom is 0.310 e. The van der Waals surface area contributed by atoms with Crippen molar-refractivity contribution in [3.05, 3.63) is 35.9 Å². The number of hydrogen-bond acceptors (Lipinski definition) is 4. The lowest BCUT2D eigenvalue weighted by atomic mass is 9.52. The number of carbonyl (C=O) groups is 3. The predicted octanol–water partition coefficient (Wildman–Crippen LogP) is 2.51. The summed E-state index contributed by atoms with van der Waals surface area (Å²) in [5.41, 5.74) is 6.21. The van der Waals surface area contributed by atoms with E-state index in [1.807, 2.05) is 30.3 Å². The lowest BCUT2D eigenvalue weighted by Gasteiger charge is -2.53. The summed E-state index contributed by atoms with van der Waals surface area (Å²) in [7, 11) is 0. The first-order valence-electron chi connectivity index (χ1n) is 10.8. The molecule has 0 aliphatic heterocycles. The summed E-state index contributed by atoms with van der Waals surface area (Å²) in [6, 6.07) is 9.55. The van der Waals surface area contributed by atoms with Crippen molar-refractivity contribution in [1.82, 2.24) is 4.90 Å². The Balaban J connectivity index is 1.34. The number of ether oxygens (including phenoxy) is 1. The number of nitrogens with zero attached hydrogens (tertiary/aromatic N) is 1. The molecule has 0 aromatic heterocycles. The van der Waals surface area contributed by atoms with Gasteiger partial charge in [0.05, 0.1) is 5.92 Å². The number of benzene rings is 1. The van der Waals surface area contributed by atoms with Gasteiger partial charge in [-0.25, -0.2) is 0 Å². The van der Waals surface area contributed by atoms with E-state index in [0.29, 0.717) is 18.4 Å². The largest absolute Gasteiger partial charge is 0.455 e. The highest BCUT2D eigenvalue weighted by atomic mass is 16.5. The Morgan fingerprint density at radius 2 is 1.59 bits per heavy atom. The van der Waals surface area contributed by atoms with E-state index in [0.717, 1.165) is 43.1 Å². The Bertz CT molecular complexity index is 735. The van der Waals surface area contributed by atoms with Gasteiger partial charge in [-0.1, -0.05) is 30.3 Å². The maximum absolute atomic E-state index is 12.8. The Hall–Kier alpha value is -2.37. The lowest BCUT2D eigenvalue weighted by Crippen LogP contribution is -2.49. The molecule has 0 radical (unpaired) electrons. The van der Waals surface area contributed by atoms with Crippen molar-refractivity contribution in [2.45, 2.75) is 45.1 Å². The average molecular weight is 399 g/mol. The molecule has 0 atom stereocenters. The number of nitrogens with two attached hydrogens (primary N) is 1. The molecule has 4 saturated carbocycles. The second-order valence-corrected chi connectivity index (χ2v) is 9.08. The van der Waals surface area contributed by atoms with Crippen LogP contribution in [0.5, 0.6) is 0 Å². The Labute approximate surface area is 171 Å². The van der Waals surface area contributed by atoms with E-state index < -0.39 is 5.91 Å². The van der Waals surface area contributed by atoms with Crippen LogP contribution in [0.25, 0.3) is 0 Å². The molecule has 2 N–H and O–H groups in total. The summed E-state index contributed by atoms with van der Waals surface area (Å²) in [5, 5.41) is 0. The van der Waals surface area contributed by atoms with E-state index >= 15 is 0 Å². The first-order chi connectivity index (χ1) is 14.0. The molecule has 0 spiro atoms. The van der Waals surface area contributed by atoms with Crippen LogP contribution < -0.4 is 5.73 Å². The second kappa shape index (κ2) is 8.56. The van der Waals surface area contributed by atoms with Gasteiger partial charge in [0.2, 0.25) is 5.91 Å². The molecule has 29 heavy (non-hydrogen) atoms. The standard InChI is InChI=1S/C23H30N2O4/c24-20(26)6-7-25(13-15-4-2-1-3-5-15)21(27)14-29-23(28)22-18-9-16-8-17(11-18)12-19(22)10-16/h1-5,16-19,22H,6-14H2,(H2,24,26). The number of primary amides is 1. The molecule has 6 heteroatoms. The highest BCUT2D eigenvalue weighted by Gasteiger charge is 2.51. The molecule has 4 aliphatic carbocycles. The van der Waals surface area contributed by atoms with Gasteiger partial charge in [-0.3, -0.25) is 14.4 Å². The van der Waals surface area contributed by atoms with Crippen molar-refractivity contribution in [1.29, 1.82) is 0 Å². The zero-order chi connectivity index (χ0) is 20.4. The van der Waals surface area contributed by atoms with Gasteiger partial charge in [-0.2, -0.15) is 0 Å². The normalized spacial score (nSPS) is 29.4. The van der Waals surface area contributed by atoms with Crippen LogP contribution >= 0.6 is 0 Å². The van der Waals surface area contributed by atoms with E-state index in [9.17, 15) is 14.4 Å². The van der Waals surface area contributed by atoms with Crippen molar-refractivity contribution in [3.63, 3.8) is 0 Å². The van der Waals surface area contributed by atoms with Crippen LogP contribution in [-0.4, -0.2) is 35.8 Å². The molecule has 0 unspecified atom stereocenters. The Morgan fingerprint density at radius 3 is 2.17 bits per heavy atom. The number of amides is 2. The molecule has 4 aliphatic rings. The third kappa shape index (κ3) is 4.62. The molecular formula is C23H30N2O4. The van der Waals surface area contributed by atoms with Crippen LogP contribution in [0.4, 0.5) is 0 Å². The van der Waals surface area contributed by atoms with E-state index in [1.165, 1.54) is 6.42 Å². The smallest absolute Gasteiger partial charge is 0.310 e. The zero-order valence-electron chi connectivity index (χ0n) is 16.8. The molecule has 5 rings (SSSR count). The molecule has 4 fully saturated rings. The molecule has 156 valence electrons. The van der Waals surface area contributed by atoms with E-state index in [4.69, 9.17) is 10.5 Å². The minimum Gasteiger partial charge on any atom is -0.455 e. The fourth-order valence-electron chi connectivity index (χ4n) is 5.97. The van der Waals surface area contributed by atoms with Crippen LogP contribution in [0, 0.1) is 29.6 Å². The SMILES string of the molecule is NC(=O)CCN(Cc1ccccc1)C(=O)COC(=O)C1C2CC3CC(C2)CC1C3. The van der Waals surface area contributed by atoms with Crippen LogP contribution in [0.1, 0.15) is 44.1 Å².